The predicted octanol–water partition coefficient (Wildman–Crippen LogP) is 3.57. The molecule has 0 spiro atoms. The molecule has 0 aliphatic heterocycles. The van der Waals surface area contributed by atoms with Gasteiger partial charge in [-0.05, 0) is 38.3 Å². The van der Waals surface area contributed by atoms with Gasteiger partial charge in [-0.1, -0.05) is 30.7 Å². The van der Waals surface area contributed by atoms with Crippen molar-refractivity contribution in [1.29, 1.82) is 5.26 Å². The maximum absolute atomic E-state index is 11.9. The summed E-state index contributed by atoms with van der Waals surface area (Å²) in [6.07, 6.45) is 5.30. The van der Waals surface area contributed by atoms with Gasteiger partial charge >= 0.3 is 0 Å². The molecule has 0 radical (unpaired) electrons. The summed E-state index contributed by atoms with van der Waals surface area (Å²) in [6.45, 7) is 9.93. The fourth-order valence-electron chi connectivity index (χ4n) is 3.31. The summed E-state index contributed by atoms with van der Waals surface area (Å²) in [7, 11) is 0. The molecular weight excluding hydrogens is 222 g/mol. The second-order valence-electron chi connectivity index (χ2n) is 5.67. The Labute approximate surface area is 109 Å². The number of allylic oxidation sites excluding steroid dienone is 5. The van der Waals surface area contributed by atoms with Gasteiger partial charge in [-0.15, -0.1) is 0 Å². The van der Waals surface area contributed by atoms with E-state index in [9.17, 15) is 10.1 Å². The van der Waals surface area contributed by atoms with Crippen LogP contribution in [0.5, 0.6) is 0 Å². The Bertz CT molecular complexity index is 518. The molecule has 0 fully saturated rings. The van der Waals surface area contributed by atoms with Gasteiger partial charge in [0, 0.05) is 11.8 Å². The van der Waals surface area contributed by atoms with Crippen molar-refractivity contribution in [3.05, 3.63) is 35.5 Å². The minimum absolute atomic E-state index is 0.0684. The van der Waals surface area contributed by atoms with Crippen molar-refractivity contribution in [2.45, 2.75) is 33.6 Å². The lowest BCUT2D eigenvalue weighted by atomic mass is 9.56. The van der Waals surface area contributed by atoms with E-state index in [2.05, 4.69) is 18.7 Å². The first-order valence-corrected chi connectivity index (χ1v) is 6.42. The molecule has 94 valence electrons. The number of nitrogens with zero attached hydrogens (tertiary/aromatic N) is 1. The summed E-state index contributed by atoms with van der Waals surface area (Å²) >= 11 is 0. The number of ketones is 1. The van der Waals surface area contributed by atoms with Gasteiger partial charge in [0.05, 0.1) is 11.5 Å². The van der Waals surface area contributed by atoms with Crippen LogP contribution >= 0.6 is 0 Å². The van der Waals surface area contributed by atoms with Crippen molar-refractivity contribution in [2.24, 2.45) is 17.3 Å². The number of fused-ring (bicyclic) bond motifs is 1. The molecule has 2 aliphatic rings. The maximum Gasteiger partial charge on any atom is 0.158 e. The SMILES string of the molecule is C=C(C)[C@@H]1CC=C(C)C2=CC(=O)[C@@H](C)C[C@]21C#N. The average molecular weight is 241 g/mol. The lowest BCUT2D eigenvalue weighted by Crippen LogP contribution is -2.40. The first-order chi connectivity index (χ1) is 8.42. The second-order valence-corrected chi connectivity index (χ2v) is 5.67. The quantitative estimate of drug-likeness (QED) is 0.658. The summed E-state index contributed by atoms with van der Waals surface area (Å²) in [5.74, 6) is 0.208. The predicted molar refractivity (Wildman–Crippen MR) is 71.6 cm³/mol. The monoisotopic (exact) mass is 241 g/mol. The highest BCUT2D eigenvalue weighted by molar-refractivity contribution is 5.94. The van der Waals surface area contributed by atoms with E-state index in [0.29, 0.717) is 6.42 Å². The van der Waals surface area contributed by atoms with Crippen molar-refractivity contribution < 1.29 is 4.79 Å². The second kappa shape index (κ2) is 4.24. The first kappa shape index (κ1) is 12.8. The first-order valence-electron chi connectivity index (χ1n) is 6.42. The highest BCUT2D eigenvalue weighted by atomic mass is 16.1. The van der Waals surface area contributed by atoms with Crippen LogP contribution in [0.25, 0.3) is 0 Å². The van der Waals surface area contributed by atoms with Crippen LogP contribution in [0, 0.1) is 28.6 Å². The molecule has 18 heavy (non-hydrogen) atoms. The van der Waals surface area contributed by atoms with Crippen LogP contribution in [0.3, 0.4) is 0 Å². The van der Waals surface area contributed by atoms with E-state index in [1.807, 2.05) is 20.8 Å². The zero-order valence-electron chi connectivity index (χ0n) is 11.3. The molecule has 0 aromatic heterocycles. The van der Waals surface area contributed by atoms with Crippen LogP contribution in [0.4, 0.5) is 0 Å². The summed E-state index contributed by atoms with van der Waals surface area (Å²) in [6, 6.07) is 2.51. The van der Waals surface area contributed by atoms with Crippen LogP contribution < -0.4 is 0 Å². The molecule has 0 N–H and O–H groups in total. The van der Waals surface area contributed by atoms with Gasteiger partial charge in [-0.2, -0.15) is 5.26 Å². The van der Waals surface area contributed by atoms with Crippen LogP contribution in [-0.2, 0) is 4.79 Å². The van der Waals surface area contributed by atoms with E-state index in [1.165, 1.54) is 0 Å². The minimum Gasteiger partial charge on any atom is -0.295 e. The van der Waals surface area contributed by atoms with Gasteiger partial charge in [0.2, 0.25) is 0 Å². The Kier molecular flexibility index (Phi) is 3.02. The Morgan fingerprint density at radius 2 is 2.28 bits per heavy atom. The molecule has 0 aromatic carbocycles. The molecule has 0 amide bonds. The minimum atomic E-state index is -0.544. The van der Waals surface area contributed by atoms with Gasteiger partial charge < -0.3 is 0 Å². The van der Waals surface area contributed by atoms with Gasteiger partial charge in [-0.3, -0.25) is 4.79 Å². The molecule has 0 saturated carbocycles. The van der Waals surface area contributed by atoms with Crippen LogP contribution in [-0.4, -0.2) is 5.78 Å². The van der Waals surface area contributed by atoms with E-state index >= 15 is 0 Å². The summed E-state index contributed by atoms with van der Waals surface area (Å²) in [5.41, 5.74) is 2.49. The maximum atomic E-state index is 11.9. The lowest BCUT2D eigenvalue weighted by Gasteiger charge is -2.44. The van der Waals surface area contributed by atoms with E-state index in [4.69, 9.17) is 0 Å². The third-order valence-electron chi connectivity index (χ3n) is 4.35. The number of carbonyl (C=O) groups excluding carboxylic acids is 1. The molecule has 0 unspecified atom stereocenters. The molecule has 0 saturated heterocycles. The Morgan fingerprint density at radius 1 is 1.61 bits per heavy atom. The topological polar surface area (TPSA) is 40.9 Å². The van der Waals surface area contributed by atoms with Gasteiger partial charge in [0.1, 0.15) is 0 Å². The summed E-state index contributed by atoms with van der Waals surface area (Å²) in [4.78, 5) is 11.9. The molecule has 2 aliphatic carbocycles. The number of hydrogen-bond donors (Lipinski definition) is 0. The molecule has 0 heterocycles. The highest BCUT2D eigenvalue weighted by Gasteiger charge is 2.49. The fraction of sp³-hybridized carbons (Fsp3) is 0.500. The molecule has 0 bridgehead atoms. The van der Waals surface area contributed by atoms with Crippen LogP contribution in [0.2, 0.25) is 0 Å². The van der Waals surface area contributed by atoms with E-state index < -0.39 is 5.41 Å². The lowest BCUT2D eigenvalue weighted by molar-refractivity contribution is -0.119. The Hall–Kier alpha value is -1.62. The largest absolute Gasteiger partial charge is 0.295 e. The highest BCUT2D eigenvalue weighted by Crippen LogP contribution is 2.53. The van der Waals surface area contributed by atoms with E-state index in [-0.39, 0.29) is 17.6 Å². The van der Waals surface area contributed by atoms with Gasteiger partial charge in [0.25, 0.3) is 0 Å². The molecule has 2 rings (SSSR count). The summed E-state index contributed by atoms with van der Waals surface area (Å²) < 4.78 is 0. The van der Waals surface area contributed by atoms with E-state index in [1.54, 1.807) is 6.08 Å². The Balaban J connectivity index is 2.64. The van der Waals surface area contributed by atoms with Crippen LogP contribution in [0.15, 0.2) is 35.5 Å². The molecule has 0 aromatic rings. The molecule has 2 nitrogen and oxygen atoms in total. The van der Waals surface area contributed by atoms with Crippen molar-refractivity contribution in [3.8, 4) is 6.07 Å². The van der Waals surface area contributed by atoms with Crippen molar-refractivity contribution in [1.82, 2.24) is 0 Å². The van der Waals surface area contributed by atoms with Crippen molar-refractivity contribution in [3.63, 3.8) is 0 Å². The molecular formula is C16H19NO. The smallest absolute Gasteiger partial charge is 0.158 e. The third-order valence-corrected chi connectivity index (χ3v) is 4.35. The van der Waals surface area contributed by atoms with Gasteiger partial charge in [-0.25, -0.2) is 0 Å². The third kappa shape index (κ3) is 1.66. The van der Waals surface area contributed by atoms with Gasteiger partial charge in [0.15, 0.2) is 5.78 Å². The molecule has 3 atom stereocenters. The normalized spacial score (nSPS) is 35.1. The number of nitriles is 1. The number of carbonyl (C=O) groups is 1. The van der Waals surface area contributed by atoms with E-state index in [0.717, 1.165) is 23.1 Å². The standard InChI is InChI=1S/C16H19NO/c1-10(2)13-6-5-11(3)14-7-15(18)12(4)8-16(13,14)9-17/h5,7,12-13H,1,6,8H2,2-4H3/t12-,13-,16+/m0/s1. The fourth-order valence-corrected chi connectivity index (χ4v) is 3.31. The Morgan fingerprint density at radius 3 is 2.83 bits per heavy atom. The summed E-state index contributed by atoms with van der Waals surface area (Å²) in [5, 5.41) is 9.75. The zero-order valence-corrected chi connectivity index (χ0v) is 11.3. The number of rotatable bonds is 1. The number of hydrogen-bond acceptors (Lipinski definition) is 2. The van der Waals surface area contributed by atoms with Crippen LogP contribution in [0.1, 0.15) is 33.6 Å². The van der Waals surface area contributed by atoms with Crippen molar-refractivity contribution >= 4 is 5.78 Å². The molecule has 2 heteroatoms. The zero-order chi connectivity index (χ0) is 13.5. The van der Waals surface area contributed by atoms with Crippen molar-refractivity contribution in [2.75, 3.05) is 0 Å². The average Bonchev–Trinajstić information content (AvgIpc) is 2.31.